The van der Waals surface area contributed by atoms with E-state index in [4.69, 9.17) is 10.0 Å². The highest BCUT2D eigenvalue weighted by Gasteiger charge is 2.10. The first-order valence-electron chi connectivity index (χ1n) is 3.30. The summed E-state index contributed by atoms with van der Waals surface area (Å²) >= 11 is 0. The van der Waals surface area contributed by atoms with Crippen molar-refractivity contribution in [3.8, 4) is 5.75 Å². The maximum absolute atomic E-state index is 10.2. The van der Waals surface area contributed by atoms with Gasteiger partial charge in [0, 0.05) is 5.56 Å². The SMILES string of the molecule is O=Cc1ccc(OB(O)O)cc1. The van der Waals surface area contributed by atoms with Crippen LogP contribution in [0, 0.1) is 0 Å². The third kappa shape index (κ3) is 2.37. The van der Waals surface area contributed by atoms with Crippen LogP contribution in [0.5, 0.6) is 5.75 Å². The van der Waals surface area contributed by atoms with E-state index < -0.39 is 7.32 Å². The average molecular weight is 166 g/mol. The predicted molar refractivity (Wildman–Crippen MR) is 42.6 cm³/mol. The number of hydrogen-bond acceptors (Lipinski definition) is 4. The van der Waals surface area contributed by atoms with Crippen molar-refractivity contribution in [3.05, 3.63) is 29.8 Å². The maximum atomic E-state index is 10.2. The zero-order valence-corrected chi connectivity index (χ0v) is 6.18. The quantitative estimate of drug-likeness (QED) is 0.483. The summed E-state index contributed by atoms with van der Waals surface area (Å²) in [5.74, 6) is 0.301. The standard InChI is InChI=1S/C7H7BO4/c9-5-6-1-3-7(4-2-6)12-8(10)11/h1-5,10-11H. The van der Waals surface area contributed by atoms with Crippen molar-refractivity contribution in [2.45, 2.75) is 0 Å². The zero-order valence-electron chi connectivity index (χ0n) is 6.18. The Hall–Kier alpha value is -1.33. The van der Waals surface area contributed by atoms with Gasteiger partial charge in [-0.2, -0.15) is 0 Å². The normalized spacial score (nSPS) is 9.17. The number of benzene rings is 1. The molecule has 0 aliphatic carbocycles. The summed E-state index contributed by atoms with van der Waals surface area (Å²) in [4.78, 5) is 10.2. The molecule has 0 amide bonds. The van der Waals surface area contributed by atoms with Crippen LogP contribution in [-0.4, -0.2) is 23.7 Å². The molecule has 62 valence electrons. The van der Waals surface area contributed by atoms with Gasteiger partial charge in [-0.05, 0) is 24.3 Å². The minimum Gasteiger partial charge on any atom is -0.512 e. The molecule has 1 aromatic rings. The van der Waals surface area contributed by atoms with Crippen molar-refractivity contribution in [1.82, 2.24) is 0 Å². The maximum Gasteiger partial charge on any atom is 0.707 e. The van der Waals surface area contributed by atoms with Crippen LogP contribution in [0.3, 0.4) is 0 Å². The van der Waals surface area contributed by atoms with Gasteiger partial charge in [-0.3, -0.25) is 4.79 Å². The van der Waals surface area contributed by atoms with Gasteiger partial charge in [-0.25, -0.2) is 0 Å². The van der Waals surface area contributed by atoms with Crippen LogP contribution >= 0.6 is 0 Å². The predicted octanol–water partition coefficient (Wildman–Crippen LogP) is -0.153. The highest BCUT2D eigenvalue weighted by atomic mass is 16.6. The zero-order chi connectivity index (χ0) is 8.97. The summed E-state index contributed by atoms with van der Waals surface area (Å²) in [6.45, 7) is 0. The smallest absolute Gasteiger partial charge is 0.512 e. The number of hydrogen-bond donors (Lipinski definition) is 2. The molecule has 1 rings (SSSR count). The molecule has 0 radical (unpaired) electrons. The molecule has 0 unspecified atom stereocenters. The Morgan fingerprint density at radius 1 is 1.25 bits per heavy atom. The van der Waals surface area contributed by atoms with Gasteiger partial charge in [0.05, 0.1) is 0 Å². The summed E-state index contributed by atoms with van der Waals surface area (Å²) in [5.41, 5.74) is 0.509. The van der Waals surface area contributed by atoms with Crippen LogP contribution in [0.4, 0.5) is 0 Å². The van der Waals surface area contributed by atoms with Crippen LogP contribution < -0.4 is 4.65 Å². The van der Waals surface area contributed by atoms with Crippen LogP contribution in [0.15, 0.2) is 24.3 Å². The molecule has 0 aromatic heterocycles. The van der Waals surface area contributed by atoms with Crippen molar-refractivity contribution < 1.29 is 19.5 Å². The molecule has 0 heterocycles. The van der Waals surface area contributed by atoms with Gasteiger partial charge in [0.25, 0.3) is 0 Å². The second-order valence-electron chi connectivity index (χ2n) is 2.13. The first kappa shape index (κ1) is 8.77. The summed E-state index contributed by atoms with van der Waals surface area (Å²) < 4.78 is 4.51. The molecule has 0 saturated carbocycles. The van der Waals surface area contributed by atoms with E-state index in [9.17, 15) is 4.79 Å². The Bertz CT molecular complexity index is 257. The van der Waals surface area contributed by atoms with Crippen molar-refractivity contribution in [2.24, 2.45) is 0 Å². The summed E-state index contributed by atoms with van der Waals surface area (Å²) in [7, 11) is -1.83. The lowest BCUT2D eigenvalue weighted by atomic mass is 10.2. The molecular formula is C7H7BO4. The molecule has 0 fully saturated rings. The van der Waals surface area contributed by atoms with Crippen molar-refractivity contribution in [3.63, 3.8) is 0 Å². The summed E-state index contributed by atoms with van der Waals surface area (Å²) in [6.07, 6.45) is 0.694. The fourth-order valence-corrected chi connectivity index (χ4v) is 0.747. The van der Waals surface area contributed by atoms with Gasteiger partial charge >= 0.3 is 7.32 Å². The molecule has 0 bridgehead atoms. The highest BCUT2D eigenvalue weighted by molar-refractivity contribution is 6.33. The van der Waals surface area contributed by atoms with E-state index in [1.165, 1.54) is 24.3 Å². The Kier molecular flexibility index (Phi) is 2.84. The number of aldehydes is 1. The fourth-order valence-electron chi connectivity index (χ4n) is 0.747. The first-order chi connectivity index (χ1) is 5.72. The monoisotopic (exact) mass is 166 g/mol. The third-order valence-corrected chi connectivity index (χ3v) is 1.26. The molecule has 0 saturated heterocycles. The van der Waals surface area contributed by atoms with Gasteiger partial charge in [0.15, 0.2) is 0 Å². The Balaban J connectivity index is 2.71. The highest BCUT2D eigenvalue weighted by Crippen LogP contribution is 2.10. The molecule has 12 heavy (non-hydrogen) atoms. The molecule has 0 atom stereocenters. The molecule has 0 aliphatic heterocycles. The van der Waals surface area contributed by atoms with Gasteiger partial charge in [0.2, 0.25) is 0 Å². The Labute approximate surface area is 69.6 Å². The van der Waals surface area contributed by atoms with Crippen molar-refractivity contribution in [2.75, 3.05) is 0 Å². The number of carbonyl (C=O) groups is 1. The minimum absolute atomic E-state index is 0.301. The van der Waals surface area contributed by atoms with Crippen LogP contribution in [0.2, 0.25) is 0 Å². The molecule has 2 N–H and O–H groups in total. The lowest BCUT2D eigenvalue weighted by molar-refractivity contribution is 0.112. The topological polar surface area (TPSA) is 66.8 Å². The average Bonchev–Trinajstić information content (AvgIpc) is 2.05. The lowest BCUT2D eigenvalue weighted by Gasteiger charge is -2.02. The third-order valence-electron chi connectivity index (χ3n) is 1.26. The fraction of sp³-hybridized carbons (Fsp3) is 0. The van der Waals surface area contributed by atoms with Gasteiger partial charge < -0.3 is 14.7 Å². The largest absolute Gasteiger partial charge is 0.707 e. The van der Waals surface area contributed by atoms with E-state index in [-0.39, 0.29) is 0 Å². The number of rotatable bonds is 3. The van der Waals surface area contributed by atoms with Gasteiger partial charge in [0.1, 0.15) is 12.0 Å². The van der Waals surface area contributed by atoms with E-state index in [2.05, 4.69) is 4.65 Å². The van der Waals surface area contributed by atoms with E-state index in [1.807, 2.05) is 0 Å². The van der Waals surface area contributed by atoms with Crippen LogP contribution in [0.25, 0.3) is 0 Å². The van der Waals surface area contributed by atoms with E-state index in [0.717, 1.165) is 0 Å². The van der Waals surface area contributed by atoms with Gasteiger partial charge in [-0.15, -0.1) is 0 Å². The Morgan fingerprint density at radius 3 is 2.25 bits per heavy atom. The molecule has 0 spiro atoms. The minimum atomic E-state index is -1.83. The molecular weight excluding hydrogens is 159 g/mol. The van der Waals surface area contributed by atoms with Crippen LogP contribution in [-0.2, 0) is 0 Å². The molecule has 1 aromatic carbocycles. The van der Waals surface area contributed by atoms with E-state index in [0.29, 0.717) is 17.6 Å². The molecule has 5 heteroatoms. The van der Waals surface area contributed by atoms with E-state index in [1.54, 1.807) is 0 Å². The van der Waals surface area contributed by atoms with E-state index >= 15 is 0 Å². The second-order valence-corrected chi connectivity index (χ2v) is 2.13. The lowest BCUT2D eigenvalue weighted by Crippen LogP contribution is -2.20. The second kappa shape index (κ2) is 3.89. The van der Waals surface area contributed by atoms with Gasteiger partial charge in [-0.1, -0.05) is 0 Å². The van der Waals surface area contributed by atoms with Crippen molar-refractivity contribution in [1.29, 1.82) is 0 Å². The molecule has 0 aliphatic rings. The number of carbonyl (C=O) groups excluding carboxylic acids is 1. The van der Waals surface area contributed by atoms with Crippen LogP contribution in [0.1, 0.15) is 10.4 Å². The Morgan fingerprint density at radius 2 is 1.83 bits per heavy atom. The summed E-state index contributed by atoms with van der Waals surface area (Å²) in [5, 5.41) is 16.8. The summed E-state index contributed by atoms with van der Waals surface area (Å²) in [6, 6.07) is 5.99. The van der Waals surface area contributed by atoms with Crippen molar-refractivity contribution >= 4 is 13.6 Å². The first-order valence-corrected chi connectivity index (χ1v) is 3.30. The molecule has 4 nitrogen and oxygen atoms in total.